The van der Waals surface area contributed by atoms with Crippen LogP contribution in [-0.4, -0.2) is 49.5 Å². The fraction of sp³-hybridized carbons (Fsp3) is 0.355. The van der Waals surface area contributed by atoms with Crippen molar-refractivity contribution in [2.75, 3.05) is 20.2 Å². The third-order valence-electron chi connectivity index (χ3n) is 8.53. The second-order valence-electron chi connectivity index (χ2n) is 10.6. The molecule has 5 atom stereocenters. The first-order valence-corrected chi connectivity index (χ1v) is 15.1. The Kier molecular flexibility index (Phi) is 6.87. The second kappa shape index (κ2) is 10.3. The van der Waals surface area contributed by atoms with Crippen LogP contribution in [0.25, 0.3) is 21.8 Å². The molecule has 0 radical (unpaired) electrons. The van der Waals surface area contributed by atoms with Gasteiger partial charge in [-0.05, 0) is 79.6 Å². The number of pyridine rings is 2. The van der Waals surface area contributed by atoms with Gasteiger partial charge in [0, 0.05) is 35.2 Å². The Morgan fingerprint density at radius 3 is 2.82 bits per heavy atom. The molecule has 202 valence electrons. The monoisotopic (exact) mass is 542 g/mol. The lowest BCUT2D eigenvalue weighted by Gasteiger charge is -2.51. The zero-order valence-electron chi connectivity index (χ0n) is 22.4. The van der Waals surface area contributed by atoms with E-state index in [2.05, 4.69) is 27.3 Å². The van der Waals surface area contributed by atoms with Crippen molar-refractivity contribution in [3.63, 3.8) is 0 Å². The van der Waals surface area contributed by atoms with Gasteiger partial charge >= 0.3 is 0 Å². The van der Waals surface area contributed by atoms with Crippen LogP contribution in [-0.2, 0) is 16.4 Å². The van der Waals surface area contributed by atoms with Gasteiger partial charge in [0.05, 0.1) is 24.2 Å². The van der Waals surface area contributed by atoms with Crippen LogP contribution in [0.5, 0.6) is 5.75 Å². The first-order valence-electron chi connectivity index (χ1n) is 13.6. The predicted octanol–water partition coefficient (Wildman–Crippen LogP) is 5.27. The van der Waals surface area contributed by atoms with E-state index in [1.165, 1.54) is 0 Å². The number of nitrogens with zero attached hydrogens (tertiary/aromatic N) is 3. The average Bonchev–Trinajstić information content (AvgIpc) is 2.98. The normalized spacial score (nSPS) is 23.6. The zero-order chi connectivity index (χ0) is 27.1. The van der Waals surface area contributed by atoms with Gasteiger partial charge in [-0.1, -0.05) is 31.2 Å². The number of rotatable bonds is 8. The van der Waals surface area contributed by atoms with E-state index in [0.29, 0.717) is 23.1 Å². The maximum absolute atomic E-state index is 14.2. The summed E-state index contributed by atoms with van der Waals surface area (Å²) in [5, 5.41) is 1.69. The molecular weight excluding hydrogens is 508 g/mol. The van der Waals surface area contributed by atoms with Gasteiger partial charge in [0.1, 0.15) is 10.6 Å². The largest absolute Gasteiger partial charge is 0.497 e. The first-order chi connectivity index (χ1) is 18.9. The number of hydrogen-bond donors (Lipinski definition) is 1. The minimum Gasteiger partial charge on any atom is -0.497 e. The van der Waals surface area contributed by atoms with Crippen LogP contribution in [0.2, 0.25) is 0 Å². The zero-order valence-corrected chi connectivity index (χ0v) is 23.2. The summed E-state index contributed by atoms with van der Waals surface area (Å²) in [6, 6.07) is 16.5. The summed E-state index contributed by atoms with van der Waals surface area (Å²) in [7, 11) is -2.30. The number of aryl methyl sites for hydroxylation is 1. The Morgan fingerprint density at radius 1 is 1.21 bits per heavy atom. The van der Waals surface area contributed by atoms with Crippen molar-refractivity contribution >= 4 is 31.8 Å². The van der Waals surface area contributed by atoms with Crippen molar-refractivity contribution in [3.05, 3.63) is 84.7 Å². The standard InChI is InChI=1S/C31H34N4O3S/c1-4-20-19-35-16-14-22(20)17-28(35)31(25-13-15-32-27-12-11-24(38-3)18-26(25)27)34-39(36,37)29-8-6-7-21-9-10-23(5-2)33-30(21)29/h4,6-13,15,18,20,22,28,31,34H,1,5,14,16-17,19H2,2-3H3/t20?,22?,28?,31-/m0/s1. The number of methoxy groups -OCH3 is 1. The van der Waals surface area contributed by atoms with E-state index in [1.807, 2.05) is 49.4 Å². The second-order valence-corrected chi connectivity index (χ2v) is 12.3. The Hall–Kier alpha value is -3.33. The smallest absolute Gasteiger partial charge is 0.243 e. The van der Waals surface area contributed by atoms with E-state index in [0.717, 1.165) is 59.9 Å². The molecule has 39 heavy (non-hydrogen) atoms. The predicted molar refractivity (Wildman–Crippen MR) is 154 cm³/mol. The molecule has 3 fully saturated rings. The van der Waals surface area contributed by atoms with Crippen LogP contribution >= 0.6 is 0 Å². The fourth-order valence-electron chi connectivity index (χ4n) is 6.42. The molecule has 0 aliphatic carbocycles. The average molecular weight is 543 g/mol. The highest BCUT2D eigenvalue weighted by molar-refractivity contribution is 7.89. The number of aromatic nitrogens is 2. The number of hydrogen-bond acceptors (Lipinski definition) is 6. The number of para-hydroxylation sites is 1. The van der Waals surface area contributed by atoms with Crippen LogP contribution in [0.1, 0.15) is 37.1 Å². The van der Waals surface area contributed by atoms with E-state index in [-0.39, 0.29) is 10.9 Å². The Balaban J connectivity index is 1.49. The van der Waals surface area contributed by atoms with Crippen molar-refractivity contribution < 1.29 is 13.2 Å². The van der Waals surface area contributed by atoms with Crippen LogP contribution < -0.4 is 9.46 Å². The minimum atomic E-state index is -3.94. The van der Waals surface area contributed by atoms with Gasteiger partial charge in [-0.15, -0.1) is 6.58 Å². The van der Waals surface area contributed by atoms with Gasteiger partial charge in [0.2, 0.25) is 10.0 Å². The molecule has 7 nitrogen and oxygen atoms in total. The van der Waals surface area contributed by atoms with Crippen molar-refractivity contribution in [3.8, 4) is 5.75 Å². The summed E-state index contributed by atoms with van der Waals surface area (Å²) < 4.78 is 37.2. The number of piperidine rings is 3. The molecular formula is C31H34N4O3S. The molecule has 2 aromatic carbocycles. The van der Waals surface area contributed by atoms with Crippen molar-refractivity contribution in [2.45, 2.75) is 43.2 Å². The van der Waals surface area contributed by atoms with Gasteiger partial charge in [-0.2, -0.15) is 0 Å². The van der Waals surface area contributed by atoms with Crippen molar-refractivity contribution in [2.24, 2.45) is 11.8 Å². The first kappa shape index (κ1) is 25.9. The molecule has 1 N–H and O–H groups in total. The molecule has 3 aliphatic heterocycles. The molecule has 4 unspecified atom stereocenters. The van der Waals surface area contributed by atoms with E-state index < -0.39 is 16.1 Å². The van der Waals surface area contributed by atoms with Crippen molar-refractivity contribution in [1.82, 2.24) is 19.6 Å². The van der Waals surface area contributed by atoms with Gasteiger partial charge < -0.3 is 4.74 Å². The molecule has 3 saturated heterocycles. The summed E-state index contributed by atoms with van der Waals surface area (Å²) in [6.07, 6.45) is 6.55. The molecule has 5 heterocycles. The Labute approximate surface area is 230 Å². The van der Waals surface area contributed by atoms with Crippen molar-refractivity contribution in [1.29, 1.82) is 0 Å². The molecule has 0 amide bonds. The Bertz CT molecular complexity index is 1650. The fourth-order valence-corrected chi connectivity index (χ4v) is 7.84. The number of sulfonamides is 1. The summed E-state index contributed by atoms with van der Waals surface area (Å²) in [5.41, 5.74) is 3.07. The molecule has 3 aliphatic rings. The third kappa shape index (κ3) is 4.71. The van der Waals surface area contributed by atoms with Gasteiger partial charge in [0.15, 0.2) is 0 Å². The Morgan fingerprint density at radius 2 is 2.08 bits per heavy atom. The number of nitrogens with one attached hydrogen (secondary N) is 1. The number of fused-ring (bicyclic) bond motifs is 5. The van der Waals surface area contributed by atoms with Gasteiger partial charge in [-0.3, -0.25) is 14.9 Å². The maximum atomic E-state index is 14.2. The SMILES string of the molecule is C=CC1CN2CCC1CC2[C@@H](NS(=O)(=O)c1cccc2ccc(CC)nc12)c1ccnc2ccc(OC)cc12. The number of benzene rings is 2. The number of ether oxygens (including phenoxy) is 1. The molecule has 4 aromatic rings. The topological polar surface area (TPSA) is 84.4 Å². The van der Waals surface area contributed by atoms with Crippen LogP contribution in [0, 0.1) is 11.8 Å². The van der Waals surface area contributed by atoms with E-state index in [1.54, 1.807) is 25.4 Å². The highest BCUT2D eigenvalue weighted by atomic mass is 32.2. The quantitative estimate of drug-likeness (QED) is 0.306. The lowest BCUT2D eigenvalue weighted by Crippen LogP contribution is -2.57. The van der Waals surface area contributed by atoms with E-state index >= 15 is 0 Å². The lowest BCUT2D eigenvalue weighted by molar-refractivity contribution is 0.00490. The minimum absolute atomic E-state index is 0.000615. The third-order valence-corrected chi connectivity index (χ3v) is 10.0. The van der Waals surface area contributed by atoms with Gasteiger partial charge in [0.25, 0.3) is 0 Å². The van der Waals surface area contributed by atoms with Crippen LogP contribution in [0.3, 0.4) is 0 Å². The molecule has 2 bridgehead atoms. The summed E-state index contributed by atoms with van der Waals surface area (Å²) in [5.74, 6) is 1.62. The molecule has 0 spiro atoms. The van der Waals surface area contributed by atoms with Crippen LogP contribution in [0.4, 0.5) is 0 Å². The highest BCUT2D eigenvalue weighted by Crippen LogP contribution is 2.43. The lowest BCUT2D eigenvalue weighted by atomic mass is 9.73. The maximum Gasteiger partial charge on any atom is 0.243 e. The van der Waals surface area contributed by atoms with E-state index in [4.69, 9.17) is 9.72 Å². The van der Waals surface area contributed by atoms with Crippen LogP contribution in [0.15, 0.2) is 78.3 Å². The molecule has 7 rings (SSSR count). The van der Waals surface area contributed by atoms with E-state index in [9.17, 15) is 8.42 Å². The molecule has 8 heteroatoms. The molecule has 0 saturated carbocycles. The van der Waals surface area contributed by atoms with Gasteiger partial charge in [-0.25, -0.2) is 13.1 Å². The summed E-state index contributed by atoms with van der Waals surface area (Å²) in [6.45, 7) is 7.92. The molecule has 2 aromatic heterocycles. The summed E-state index contributed by atoms with van der Waals surface area (Å²) in [4.78, 5) is 11.9. The highest BCUT2D eigenvalue weighted by Gasteiger charge is 2.44. The summed E-state index contributed by atoms with van der Waals surface area (Å²) >= 11 is 0.